The molecule has 0 N–H and O–H groups in total. The van der Waals surface area contributed by atoms with Crippen LogP contribution in [0, 0.1) is 5.39 Å². The summed E-state index contributed by atoms with van der Waals surface area (Å²) in [6.07, 6.45) is 0. The molecule has 1 fully saturated rings. The molecule has 0 amide bonds. The van der Waals surface area contributed by atoms with Crippen molar-refractivity contribution in [2.24, 2.45) is 0 Å². The predicted molar refractivity (Wildman–Crippen MR) is 59.2 cm³/mol. The minimum Gasteiger partial charge on any atom is -0.378 e. The van der Waals surface area contributed by atoms with Gasteiger partial charge >= 0.3 is 5.69 Å². The Hall–Kier alpha value is -1.31. The molecule has 0 unspecified atom stereocenters. The van der Waals surface area contributed by atoms with Gasteiger partial charge in [0.25, 0.3) is 0 Å². The third kappa shape index (κ3) is 2.04. The molecule has 1 aromatic carbocycles. The molecule has 1 saturated heterocycles. The summed E-state index contributed by atoms with van der Waals surface area (Å²) in [5.74, 6) is 0. The molecule has 15 heavy (non-hydrogen) atoms. The van der Waals surface area contributed by atoms with Crippen LogP contribution in [0.15, 0.2) is 18.2 Å². The molecule has 0 saturated carbocycles. The first-order valence-electron chi connectivity index (χ1n) is 4.79. The monoisotopic (exact) mass is 224 g/mol. The highest BCUT2D eigenvalue weighted by atomic mass is 35.5. The Morgan fingerprint density at radius 1 is 1.33 bits per heavy atom. The van der Waals surface area contributed by atoms with Crippen molar-refractivity contribution in [2.45, 2.75) is 0 Å². The molecule has 1 aromatic rings. The van der Waals surface area contributed by atoms with E-state index in [1.807, 2.05) is 12.1 Å². The van der Waals surface area contributed by atoms with E-state index in [-0.39, 0.29) is 0 Å². The largest absolute Gasteiger partial charge is 0.426 e. The Morgan fingerprint density at radius 3 is 2.73 bits per heavy atom. The molecule has 1 aliphatic heterocycles. The maximum atomic E-state index is 8.91. The number of morpholine rings is 1. The molecule has 5 heteroatoms. The topological polar surface area (TPSA) is 40.6 Å². The summed E-state index contributed by atoms with van der Waals surface area (Å²) in [4.78, 5) is 5.33. The van der Waals surface area contributed by atoms with E-state index >= 15 is 0 Å². The highest BCUT2D eigenvalue weighted by Crippen LogP contribution is 2.35. The van der Waals surface area contributed by atoms with Crippen molar-refractivity contribution >= 4 is 23.0 Å². The van der Waals surface area contributed by atoms with Gasteiger partial charge in [-0.2, -0.15) is 0 Å². The zero-order valence-electron chi connectivity index (χ0n) is 8.19. The first kappa shape index (κ1) is 10.2. The lowest BCUT2D eigenvalue weighted by Gasteiger charge is -2.27. The van der Waals surface area contributed by atoms with Gasteiger partial charge in [-0.1, -0.05) is 17.7 Å². The number of nitrogens with zero attached hydrogens (tertiary/aromatic N) is 3. The van der Waals surface area contributed by atoms with E-state index in [0.717, 1.165) is 18.8 Å². The van der Waals surface area contributed by atoms with E-state index in [1.165, 1.54) is 0 Å². The van der Waals surface area contributed by atoms with Crippen molar-refractivity contribution < 1.29 is 4.74 Å². The van der Waals surface area contributed by atoms with Crippen LogP contribution in [-0.2, 0) is 4.74 Å². The Morgan fingerprint density at radius 2 is 2.07 bits per heavy atom. The Balaban J connectivity index is 2.34. The quantitative estimate of drug-likeness (QED) is 0.689. The number of halogens is 1. The van der Waals surface area contributed by atoms with Gasteiger partial charge in [0.1, 0.15) is 10.7 Å². The maximum absolute atomic E-state index is 8.91. The zero-order valence-corrected chi connectivity index (χ0v) is 8.94. The summed E-state index contributed by atoms with van der Waals surface area (Å²) >= 11 is 5.94. The molecular weight excluding hydrogens is 214 g/mol. The molecule has 0 radical (unpaired) electrons. The van der Waals surface area contributed by atoms with Crippen LogP contribution in [0.2, 0.25) is 5.02 Å². The van der Waals surface area contributed by atoms with Gasteiger partial charge in [-0.05, 0) is 12.1 Å². The fraction of sp³-hybridized carbons (Fsp3) is 0.400. The molecule has 0 aromatic heterocycles. The van der Waals surface area contributed by atoms with Crippen LogP contribution >= 0.6 is 11.6 Å². The normalized spacial score (nSPS) is 16.1. The van der Waals surface area contributed by atoms with E-state index in [4.69, 9.17) is 21.7 Å². The van der Waals surface area contributed by atoms with E-state index < -0.39 is 0 Å². The van der Waals surface area contributed by atoms with E-state index in [2.05, 4.69) is 9.88 Å². The summed E-state index contributed by atoms with van der Waals surface area (Å²) in [7, 11) is 0. The summed E-state index contributed by atoms with van der Waals surface area (Å²) in [6.45, 7) is 2.97. The minimum absolute atomic E-state index is 0.432. The van der Waals surface area contributed by atoms with Crippen molar-refractivity contribution in [3.8, 4) is 0 Å². The van der Waals surface area contributed by atoms with Gasteiger partial charge < -0.3 is 9.64 Å². The number of benzene rings is 1. The minimum atomic E-state index is 0.432. The summed E-state index contributed by atoms with van der Waals surface area (Å²) < 4.78 is 5.26. The van der Waals surface area contributed by atoms with Gasteiger partial charge in [0.05, 0.1) is 13.2 Å². The molecule has 4 nitrogen and oxygen atoms in total. The highest BCUT2D eigenvalue weighted by Gasteiger charge is 2.24. The fourth-order valence-electron chi connectivity index (χ4n) is 1.66. The van der Waals surface area contributed by atoms with Crippen LogP contribution in [0.25, 0.3) is 4.98 Å². The second-order valence-electron chi connectivity index (χ2n) is 3.31. The maximum Gasteiger partial charge on any atom is 0.426 e. The molecule has 0 spiro atoms. The van der Waals surface area contributed by atoms with Crippen LogP contribution in [0.1, 0.15) is 0 Å². The van der Waals surface area contributed by atoms with Gasteiger partial charge in [0.2, 0.25) is 5.39 Å². The van der Waals surface area contributed by atoms with Crippen LogP contribution in [0.5, 0.6) is 0 Å². The van der Waals surface area contributed by atoms with Crippen molar-refractivity contribution in [1.82, 2.24) is 0 Å². The van der Waals surface area contributed by atoms with Gasteiger partial charge in [0.15, 0.2) is 4.98 Å². The average molecular weight is 225 g/mol. The van der Waals surface area contributed by atoms with Crippen molar-refractivity contribution in [2.75, 3.05) is 31.2 Å². The average Bonchev–Trinajstić information content (AvgIpc) is 2.30. The lowest BCUT2D eigenvalue weighted by molar-refractivity contribution is 0.123. The van der Waals surface area contributed by atoms with Gasteiger partial charge in [-0.15, -0.1) is 0 Å². The molecule has 2 rings (SSSR count). The molecule has 0 atom stereocenters. The lowest BCUT2D eigenvalue weighted by atomic mass is 10.2. The van der Waals surface area contributed by atoms with Crippen LogP contribution in [-0.4, -0.2) is 26.3 Å². The molecule has 78 valence electrons. The van der Waals surface area contributed by atoms with Gasteiger partial charge in [-0.25, -0.2) is 0 Å². The number of rotatable bonds is 1. The number of anilines is 1. The number of hydrogen-bond donors (Lipinski definition) is 0. The summed E-state index contributed by atoms with van der Waals surface area (Å²) in [6, 6.07) is 5.45. The Kier molecular flexibility index (Phi) is 3.05. The standard InChI is InChI=1S/C10H11ClN3O/c11-8-2-1-3-9(10(8)13-12)14-4-6-15-7-5-14/h1-3H,4-7H2/q+1. The third-order valence-electron chi connectivity index (χ3n) is 2.42. The Bertz CT molecular complexity index is 396. The lowest BCUT2D eigenvalue weighted by Crippen LogP contribution is -2.36. The first-order valence-corrected chi connectivity index (χ1v) is 5.17. The van der Waals surface area contributed by atoms with E-state index in [0.29, 0.717) is 23.9 Å². The molecule has 0 bridgehead atoms. The number of diazo groups is 1. The third-order valence-corrected chi connectivity index (χ3v) is 2.72. The SMILES string of the molecule is N#[N+]c1c(Cl)cccc1N1CCOCC1. The molecule has 1 aliphatic rings. The molecular formula is C10H11ClN3O+. The fourth-order valence-corrected chi connectivity index (χ4v) is 1.87. The first-order chi connectivity index (χ1) is 7.33. The van der Waals surface area contributed by atoms with Gasteiger partial charge in [-0.3, -0.25) is 0 Å². The predicted octanol–water partition coefficient (Wildman–Crippen LogP) is 2.66. The Labute approximate surface area is 93.0 Å². The molecule has 0 aliphatic carbocycles. The van der Waals surface area contributed by atoms with Crippen molar-refractivity contribution in [3.63, 3.8) is 0 Å². The summed E-state index contributed by atoms with van der Waals surface area (Å²) in [5.41, 5.74) is 1.29. The smallest absolute Gasteiger partial charge is 0.378 e. The second kappa shape index (κ2) is 4.47. The van der Waals surface area contributed by atoms with Gasteiger partial charge in [0, 0.05) is 13.1 Å². The number of ether oxygens (including phenoxy) is 1. The van der Waals surface area contributed by atoms with E-state index in [1.54, 1.807) is 6.07 Å². The van der Waals surface area contributed by atoms with Crippen molar-refractivity contribution in [3.05, 3.63) is 28.2 Å². The molecule has 1 heterocycles. The van der Waals surface area contributed by atoms with Crippen LogP contribution in [0.3, 0.4) is 0 Å². The highest BCUT2D eigenvalue weighted by molar-refractivity contribution is 6.34. The summed E-state index contributed by atoms with van der Waals surface area (Å²) in [5, 5.41) is 9.37. The van der Waals surface area contributed by atoms with Crippen molar-refractivity contribution in [1.29, 1.82) is 5.39 Å². The second-order valence-corrected chi connectivity index (χ2v) is 3.71. The number of hydrogen-bond acceptors (Lipinski definition) is 3. The van der Waals surface area contributed by atoms with Crippen LogP contribution < -0.4 is 4.90 Å². The van der Waals surface area contributed by atoms with Crippen LogP contribution in [0.4, 0.5) is 11.4 Å². The van der Waals surface area contributed by atoms with E-state index in [9.17, 15) is 0 Å². The zero-order chi connectivity index (χ0) is 10.7.